The Morgan fingerprint density at radius 3 is 2.67 bits per heavy atom. The Labute approximate surface area is 250 Å². The summed E-state index contributed by atoms with van der Waals surface area (Å²) in [5.74, 6) is 7.15. The van der Waals surface area contributed by atoms with Crippen LogP contribution in [0.3, 0.4) is 0 Å². The predicted octanol–water partition coefficient (Wildman–Crippen LogP) is 1.08. The van der Waals surface area contributed by atoms with Gasteiger partial charge in [0.2, 0.25) is 5.95 Å². The fraction of sp³-hybridized carbons (Fsp3) is 0.516. The summed E-state index contributed by atoms with van der Waals surface area (Å²) in [5, 5.41) is 11.7. The third-order valence-electron chi connectivity index (χ3n) is 8.55. The van der Waals surface area contributed by atoms with Crippen LogP contribution in [0.15, 0.2) is 33.9 Å². The van der Waals surface area contributed by atoms with Crippen molar-refractivity contribution in [2.24, 2.45) is 7.05 Å². The molecule has 0 bridgehead atoms. The first-order valence-corrected chi connectivity index (χ1v) is 15.2. The molecule has 0 saturated carbocycles. The molecule has 226 valence electrons. The lowest BCUT2D eigenvalue weighted by Crippen LogP contribution is -2.52. The van der Waals surface area contributed by atoms with Crippen LogP contribution in [0.5, 0.6) is 0 Å². The average Bonchev–Trinajstić information content (AvgIpc) is 3.41. The molecule has 43 heavy (non-hydrogen) atoms. The molecule has 0 radical (unpaired) electrons. The Morgan fingerprint density at radius 2 is 1.86 bits per heavy atom. The first-order valence-electron chi connectivity index (χ1n) is 15.2. The van der Waals surface area contributed by atoms with E-state index in [0.717, 1.165) is 62.3 Å². The molecule has 3 N–H and O–H groups in total. The molecule has 4 aromatic rings. The molecule has 0 spiro atoms. The van der Waals surface area contributed by atoms with E-state index in [1.165, 1.54) is 22.0 Å². The Kier molecular flexibility index (Phi) is 8.56. The minimum absolute atomic E-state index is 0.0354. The highest BCUT2D eigenvalue weighted by Gasteiger charge is 2.27. The molecule has 2 aliphatic rings. The summed E-state index contributed by atoms with van der Waals surface area (Å²) in [6.45, 7) is 8.36. The Hall–Kier alpha value is -4.05. The van der Waals surface area contributed by atoms with Gasteiger partial charge in [0, 0.05) is 56.5 Å². The van der Waals surface area contributed by atoms with Crippen molar-refractivity contribution in [2.75, 3.05) is 37.7 Å². The van der Waals surface area contributed by atoms with E-state index in [-0.39, 0.29) is 12.6 Å². The zero-order chi connectivity index (χ0) is 29.9. The van der Waals surface area contributed by atoms with Gasteiger partial charge in [0.25, 0.3) is 5.56 Å². The van der Waals surface area contributed by atoms with Crippen LogP contribution in [0.1, 0.15) is 44.1 Å². The molecule has 2 fully saturated rings. The van der Waals surface area contributed by atoms with Crippen LogP contribution in [-0.2, 0) is 20.1 Å². The summed E-state index contributed by atoms with van der Waals surface area (Å²) in [6, 6.07) is 8.49. The maximum atomic E-state index is 14.0. The van der Waals surface area contributed by atoms with Crippen molar-refractivity contribution < 1.29 is 0 Å². The zero-order valence-electron chi connectivity index (χ0n) is 25.2. The number of hydrogen-bond donors (Lipinski definition) is 3. The molecule has 12 heteroatoms. The molecule has 3 aromatic heterocycles. The molecule has 2 atom stereocenters. The number of imidazole rings is 1. The molecular weight excluding hydrogens is 544 g/mol. The van der Waals surface area contributed by atoms with Crippen molar-refractivity contribution in [2.45, 2.75) is 64.7 Å². The minimum atomic E-state index is -0.453. The average molecular weight is 585 g/mol. The smallest absolute Gasteiger partial charge is 0.332 e. The highest BCUT2D eigenvalue weighted by Crippen LogP contribution is 2.23. The van der Waals surface area contributed by atoms with Crippen LogP contribution < -0.4 is 32.1 Å². The van der Waals surface area contributed by atoms with Gasteiger partial charge in [0.05, 0.1) is 18.6 Å². The molecule has 0 aliphatic carbocycles. The lowest BCUT2D eigenvalue weighted by Gasteiger charge is -2.34. The zero-order valence-corrected chi connectivity index (χ0v) is 25.2. The van der Waals surface area contributed by atoms with E-state index in [4.69, 9.17) is 4.98 Å². The summed E-state index contributed by atoms with van der Waals surface area (Å²) in [7, 11) is 1.66. The molecule has 0 amide bonds. The van der Waals surface area contributed by atoms with E-state index in [1.54, 1.807) is 14.0 Å². The van der Waals surface area contributed by atoms with Crippen LogP contribution in [0.4, 0.5) is 5.95 Å². The van der Waals surface area contributed by atoms with E-state index < -0.39 is 11.2 Å². The second-order valence-electron chi connectivity index (χ2n) is 11.5. The van der Waals surface area contributed by atoms with Gasteiger partial charge in [-0.3, -0.25) is 23.8 Å². The quantitative estimate of drug-likeness (QED) is 0.206. The number of fused-ring (bicyclic) bond motifs is 2. The number of rotatable bonds is 8. The first kappa shape index (κ1) is 29.0. The van der Waals surface area contributed by atoms with Crippen molar-refractivity contribution in [3.63, 3.8) is 0 Å². The van der Waals surface area contributed by atoms with Gasteiger partial charge in [-0.15, -0.1) is 5.92 Å². The maximum Gasteiger partial charge on any atom is 0.332 e. The standard InChI is InChI=1S/C31H40N10O2/c1-4-5-16-40-27-28(37-30(40)39-15-9-11-23(18-39)34-20-33-22-10-8-14-32-17-22)38(3)31(43)41(29(27)42)19-26-35-21(2)24-12-6-7-13-25(24)36-26/h6-7,12-13,22-23,32-34H,8-11,14-20H2,1-3H3/t22-,23-/m1/s1. The number of aromatic nitrogens is 6. The van der Waals surface area contributed by atoms with Crippen LogP contribution in [-0.4, -0.2) is 73.6 Å². The summed E-state index contributed by atoms with van der Waals surface area (Å²) in [6.07, 6.45) is 4.45. The van der Waals surface area contributed by atoms with Gasteiger partial charge in [-0.2, -0.15) is 4.98 Å². The van der Waals surface area contributed by atoms with E-state index >= 15 is 0 Å². The maximum absolute atomic E-state index is 14.0. The third-order valence-corrected chi connectivity index (χ3v) is 8.55. The van der Waals surface area contributed by atoms with Gasteiger partial charge in [0.15, 0.2) is 11.2 Å². The van der Waals surface area contributed by atoms with Crippen LogP contribution in [0.25, 0.3) is 22.1 Å². The van der Waals surface area contributed by atoms with Crippen LogP contribution >= 0.6 is 0 Å². The van der Waals surface area contributed by atoms with Crippen LogP contribution in [0.2, 0.25) is 0 Å². The van der Waals surface area contributed by atoms with Crippen molar-refractivity contribution >= 4 is 28.0 Å². The molecule has 1 aromatic carbocycles. The summed E-state index contributed by atoms with van der Waals surface area (Å²) in [5.41, 5.74) is 1.43. The minimum Gasteiger partial charge on any atom is -0.341 e. The molecule has 5 heterocycles. The molecule has 2 saturated heterocycles. The van der Waals surface area contributed by atoms with Gasteiger partial charge in [-0.05, 0) is 52.1 Å². The van der Waals surface area contributed by atoms with Gasteiger partial charge in [-0.25, -0.2) is 14.8 Å². The first-order chi connectivity index (χ1) is 20.9. The normalized spacial score (nSPS) is 19.1. The fourth-order valence-electron chi connectivity index (χ4n) is 6.25. The third kappa shape index (κ3) is 5.93. The number of nitrogens with zero attached hydrogens (tertiary/aromatic N) is 7. The van der Waals surface area contributed by atoms with E-state index in [0.29, 0.717) is 35.5 Å². The monoisotopic (exact) mass is 584 g/mol. The Morgan fingerprint density at radius 1 is 1.05 bits per heavy atom. The fourth-order valence-corrected chi connectivity index (χ4v) is 6.25. The predicted molar refractivity (Wildman–Crippen MR) is 168 cm³/mol. The molecule has 12 nitrogen and oxygen atoms in total. The lowest BCUT2D eigenvalue weighted by atomic mass is 10.1. The number of anilines is 1. The Bertz CT molecular complexity index is 1810. The molecule has 6 rings (SSSR count). The van der Waals surface area contributed by atoms with E-state index in [2.05, 4.69) is 42.7 Å². The van der Waals surface area contributed by atoms with Gasteiger partial charge >= 0.3 is 5.69 Å². The number of nitrogens with one attached hydrogen (secondary N) is 3. The van der Waals surface area contributed by atoms with E-state index in [9.17, 15) is 9.59 Å². The lowest BCUT2D eigenvalue weighted by molar-refractivity contribution is 0.348. The summed E-state index contributed by atoms with van der Waals surface area (Å²) in [4.78, 5) is 43.9. The van der Waals surface area contributed by atoms with Crippen LogP contribution in [0, 0.1) is 18.8 Å². The van der Waals surface area contributed by atoms with Gasteiger partial charge < -0.3 is 15.5 Å². The summed E-state index contributed by atoms with van der Waals surface area (Å²) >= 11 is 0. The van der Waals surface area contributed by atoms with E-state index in [1.807, 2.05) is 35.8 Å². The molecular formula is C31H40N10O2. The SMILES string of the molecule is CC#CCn1c(N2CCC[C@@H](NCN[C@@H]3CCCNC3)C2)nc2c1c(=O)n(Cc1nc(C)c3ccccc3n1)c(=O)n2C. The van der Waals surface area contributed by atoms with Crippen molar-refractivity contribution in [1.82, 2.24) is 44.6 Å². The highest BCUT2D eigenvalue weighted by molar-refractivity contribution is 5.80. The van der Waals surface area contributed by atoms with Crippen molar-refractivity contribution in [1.29, 1.82) is 0 Å². The van der Waals surface area contributed by atoms with Crippen molar-refractivity contribution in [3.05, 3.63) is 56.6 Å². The van der Waals surface area contributed by atoms with Gasteiger partial charge in [0.1, 0.15) is 5.82 Å². The number of piperidine rings is 2. The molecule has 0 unspecified atom stereocenters. The second-order valence-corrected chi connectivity index (χ2v) is 11.5. The number of aryl methyl sites for hydroxylation is 2. The Balaban J connectivity index is 1.32. The summed E-state index contributed by atoms with van der Waals surface area (Å²) < 4.78 is 4.52. The van der Waals surface area contributed by atoms with Crippen molar-refractivity contribution in [3.8, 4) is 11.8 Å². The molecule has 2 aliphatic heterocycles. The van der Waals surface area contributed by atoms with Gasteiger partial charge in [-0.1, -0.05) is 24.1 Å². The number of benzene rings is 1. The number of hydrogen-bond acceptors (Lipinski definition) is 9. The largest absolute Gasteiger partial charge is 0.341 e. The second kappa shape index (κ2) is 12.7. The number of para-hydroxylation sites is 1. The topological polar surface area (TPSA) is 127 Å². The highest BCUT2D eigenvalue weighted by atomic mass is 16.2.